The molecule has 0 N–H and O–H groups in total. The maximum Gasteiger partial charge on any atom is 0.119 e. The summed E-state index contributed by atoms with van der Waals surface area (Å²) in [6.07, 6.45) is 5.80. The minimum atomic E-state index is 0.698. The zero-order chi connectivity index (χ0) is 12.5. The maximum absolute atomic E-state index is 5.37. The van der Waals surface area contributed by atoms with Crippen molar-refractivity contribution < 1.29 is 4.74 Å². The molecule has 1 aromatic rings. The van der Waals surface area contributed by atoms with E-state index in [4.69, 9.17) is 4.74 Å². The van der Waals surface area contributed by atoms with Gasteiger partial charge in [-0.25, -0.2) is 0 Å². The second-order valence-electron chi connectivity index (χ2n) is 5.35. The summed E-state index contributed by atoms with van der Waals surface area (Å²) in [5.41, 5.74) is 3.05. The molecule has 1 aromatic carbocycles. The zero-order valence-electron chi connectivity index (χ0n) is 11.1. The Bertz CT molecular complexity index is 454. The first-order chi connectivity index (χ1) is 8.83. The second kappa shape index (κ2) is 4.77. The molecule has 1 saturated heterocycles. The smallest absolute Gasteiger partial charge is 0.119 e. The molecule has 0 saturated carbocycles. The fourth-order valence-electron chi connectivity index (χ4n) is 3.63. The molecule has 0 unspecified atom stereocenters. The van der Waals surface area contributed by atoms with Crippen LogP contribution in [0, 0.1) is 0 Å². The van der Waals surface area contributed by atoms with E-state index >= 15 is 0 Å². The summed E-state index contributed by atoms with van der Waals surface area (Å²) in [5.74, 6) is 1.69. The fourth-order valence-corrected chi connectivity index (χ4v) is 3.63. The summed E-state index contributed by atoms with van der Waals surface area (Å²) in [5, 5.41) is 0. The van der Waals surface area contributed by atoms with E-state index in [-0.39, 0.29) is 0 Å². The highest BCUT2D eigenvalue weighted by Gasteiger charge is 2.37. The molecule has 1 aliphatic heterocycles. The molecule has 0 bridgehead atoms. The van der Waals surface area contributed by atoms with Crippen molar-refractivity contribution in [2.24, 2.45) is 0 Å². The lowest BCUT2D eigenvalue weighted by atomic mass is 9.79. The van der Waals surface area contributed by atoms with Crippen molar-refractivity contribution in [3.8, 4) is 5.75 Å². The van der Waals surface area contributed by atoms with Crippen LogP contribution >= 0.6 is 0 Å². The van der Waals surface area contributed by atoms with Crippen LogP contribution in [-0.4, -0.2) is 31.1 Å². The van der Waals surface area contributed by atoms with Crippen molar-refractivity contribution in [1.29, 1.82) is 0 Å². The number of aryl methyl sites for hydroxylation is 1. The van der Waals surface area contributed by atoms with E-state index in [9.17, 15) is 0 Å². The summed E-state index contributed by atoms with van der Waals surface area (Å²) in [6, 6.07) is 7.31. The summed E-state index contributed by atoms with van der Waals surface area (Å²) in [4.78, 5) is 2.58. The zero-order valence-corrected chi connectivity index (χ0v) is 11.1. The van der Waals surface area contributed by atoms with Crippen LogP contribution in [0.5, 0.6) is 5.75 Å². The van der Waals surface area contributed by atoms with E-state index in [1.54, 1.807) is 7.11 Å². The lowest BCUT2D eigenvalue weighted by molar-refractivity contribution is 0.249. The second-order valence-corrected chi connectivity index (χ2v) is 5.35. The maximum atomic E-state index is 5.37. The van der Waals surface area contributed by atoms with Gasteiger partial charge in [0.25, 0.3) is 0 Å². The van der Waals surface area contributed by atoms with E-state index in [0.29, 0.717) is 12.0 Å². The topological polar surface area (TPSA) is 12.5 Å². The van der Waals surface area contributed by atoms with Crippen LogP contribution in [0.15, 0.2) is 30.9 Å². The predicted molar refractivity (Wildman–Crippen MR) is 74.2 cm³/mol. The van der Waals surface area contributed by atoms with Gasteiger partial charge in [-0.2, -0.15) is 0 Å². The van der Waals surface area contributed by atoms with Gasteiger partial charge >= 0.3 is 0 Å². The Morgan fingerprint density at radius 2 is 2.33 bits per heavy atom. The number of fused-ring (bicyclic) bond motifs is 3. The Morgan fingerprint density at radius 1 is 1.44 bits per heavy atom. The van der Waals surface area contributed by atoms with Gasteiger partial charge in [-0.3, -0.25) is 4.90 Å². The summed E-state index contributed by atoms with van der Waals surface area (Å²) >= 11 is 0. The predicted octanol–water partition coefficient (Wildman–Crippen LogP) is 2.99. The van der Waals surface area contributed by atoms with Crippen LogP contribution in [0.4, 0.5) is 0 Å². The molecule has 0 spiro atoms. The molecule has 1 fully saturated rings. The van der Waals surface area contributed by atoms with Crippen LogP contribution in [0.25, 0.3) is 0 Å². The lowest BCUT2D eigenvalue weighted by Gasteiger charge is -2.33. The van der Waals surface area contributed by atoms with Crippen molar-refractivity contribution in [2.75, 3.05) is 20.2 Å². The minimum absolute atomic E-state index is 0.698. The van der Waals surface area contributed by atoms with Crippen LogP contribution in [0.2, 0.25) is 0 Å². The van der Waals surface area contributed by atoms with Gasteiger partial charge in [0.1, 0.15) is 5.75 Å². The number of methoxy groups -OCH3 is 1. The third-order valence-electron chi connectivity index (χ3n) is 4.49. The van der Waals surface area contributed by atoms with Gasteiger partial charge in [-0.15, -0.1) is 6.58 Å². The first-order valence-corrected chi connectivity index (χ1v) is 6.85. The lowest BCUT2D eigenvalue weighted by Crippen LogP contribution is -2.35. The molecule has 2 nitrogen and oxygen atoms in total. The van der Waals surface area contributed by atoms with Crippen molar-refractivity contribution in [2.45, 2.75) is 31.2 Å². The monoisotopic (exact) mass is 243 g/mol. The van der Waals surface area contributed by atoms with Crippen molar-refractivity contribution in [1.82, 2.24) is 4.90 Å². The largest absolute Gasteiger partial charge is 0.497 e. The third-order valence-corrected chi connectivity index (χ3v) is 4.49. The number of hydrogen-bond acceptors (Lipinski definition) is 2. The molecule has 1 aliphatic carbocycles. The highest BCUT2D eigenvalue weighted by atomic mass is 16.5. The Morgan fingerprint density at radius 3 is 3.11 bits per heavy atom. The Kier molecular flexibility index (Phi) is 3.13. The van der Waals surface area contributed by atoms with E-state index in [1.165, 1.54) is 36.9 Å². The van der Waals surface area contributed by atoms with E-state index in [2.05, 4.69) is 29.7 Å². The van der Waals surface area contributed by atoms with Crippen LogP contribution in [-0.2, 0) is 6.42 Å². The van der Waals surface area contributed by atoms with Gasteiger partial charge in [0.05, 0.1) is 7.11 Å². The molecule has 3 rings (SSSR count). The minimum Gasteiger partial charge on any atom is -0.497 e. The number of benzene rings is 1. The SMILES string of the molecule is C=CCN1CC[C@H]2c3cc(OC)ccc3CC[C@@H]21. The number of ether oxygens (including phenoxy) is 1. The average Bonchev–Trinajstić information content (AvgIpc) is 2.82. The van der Waals surface area contributed by atoms with Crippen molar-refractivity contribution in [3.05, 3.63) is 42.0 Å². The number of hydrogen-bond donors (Lipinski definition) is 0. The van der Waals surface area contributed by atoms with Crippen LogP contribution in [0.1, 0.15) is 29.9 Å². The summed E-state index contributed by atoms with van der Waals surface area (Å²) < 4.78 is 5.37. The van der Waals surface area contributed by atoms with E-state index in [1.807, 2.05) is 6.08 Å². The van der Waals surface area contributed by atoms with E-state index in [0.717, 1.165) is 12.3 Å². The molecule has 96 valence electrons. The molecule has 0 amide bonds. The first kappa shape index (κ1) is 11.8. The van der Waals surface area contributed by atoms with Gasteiger partial charge in [0.15, 0.2) is 0 Å². The Labute approximate surface area is 109 Å². The fraction of sp³-hybridized carbons (Fsp3) is 0.500. The number of likely N-dealkylation sites (tertiary alicyclic amines) is 1. The molecule has 1 heterocycles. The van der Waals surface area contributed by atoms with Crippen LogP contribution in [0.3, 0.4) is 0 Å². The quantitative estimate of drug-likeness (QED) is 0.757. The van der Waals surface area contributed by atoms with Crippen molar-refractivity contribution >= 4 is 0 Å². The number of rotatable bonds is 3. The molecule has 2 atom stereocenters. The van der Waals surface area contributed by atoms with E-state index < -0.39 is 0 Å². The van der Waals surface area contributed by atoms with Gasteiger partial charge < -0.3 is 4.74 Å². The third kappa shape index (κ3) is 1.85. The summed E-state index contributed by atoms with van der Waals surface area (Å²) in [6.45, 7) is 6.11. The molecule has 2 heteroatoms. The van der Waals surface area contributed by atoms with Crippen LogP contribution < -0.4 is 4.74 Å². The highest BCUT2D eigenvalue weighted by Crippen LogP contribution is 2.42. The number of nitrogens with zero attached hydrogens (tertiary/aromatic N) is 1. The Hall–Kier alpha value is -1.28. The first-order valence-electron chi connectivity index (χ1n) is 6.85. The highest BCUT2D eigenvalue weighted by molar-refractivity contribution is 5.41. The molecule has 2 aliphatic rings. The van der Waals surface area contributed by atoms with Gasteiger partial charge in [0, 0.05) is 18.5 Å². The van der Waals surface area contributed by atoms with Gasteiger partial charge in [0.2, 0.25) is 0 Å². The molecular weight excluding hydrogens is 222 g/mol. The normalized spacial score (nSPS) is 26.5. The molecule has 18 heavy (non-hydrogen) atoms. The van der Waals surface area contributed by atoms with Gasteiger partial charge in [-0.05, 0) is 49.1 Å². The van der Waals surface area contributed by atoms with Gasteiger partial charge in [-0.1, -0.05) is 12.1 Å². The molecular formula is C16H21NO. The average molecular weight is 243 g/mol. The summed E-state index contributed by atoms with van der Waals surface area (Å²) in [7, 11) is 1.75. The standard InChI is InChI=1S/C16H21NO/c1-3-9-17-10-8-14-15-11-13(18-2)6-4-12(15)5-7-16(14)17/h3-4,6,11,14,16H,1,5,7-10H2,2H3/t14-,16-/m0/s1. The Balaban J connectivity index is 1.91. The molecule has 0 radical (unpaired) electrons. The van der Waals surface area contributed by atoms with Crippen molar-refractivity contribution in [3.63, 3.8) is 0 Å². The molecule has 0 aromatic heterocycles.